The highest BCUT2D eigenvalue weighted by atomic mass is 16.5. The number of nitrogens with one attached hydrogen (secondary N) is 1. The Balaban J connectivity index is 2.30. The van der Waals surface area contributed by atoms with Crippen molar-refractivity contribution in [1.82, 2.24) is 5.32 Å². The van der Waals surface area contributed by atoms with Crippen LogP contribution in [0.25, 0.3) is 0 Å². The van der Waals surface area contributed by atoms with Gasteiger partial charge in [0.1, 0.15) is 0 Å². The summed E-state index contributed by atoms with van der Waals surface area (Å²) in [5.74, 6) is -0.0252. The zero-order valence-electron chi connectivity index (χ0n) is 9.37. The van der Waals surface area contributed by atoms with Crippen LogP contribution in [0.5, 0.6) is 0 Å². The molecule has 1 aliphatic rings. The molecule has 0 heterocycles. The molecule has 1 fully saturated rings. The van der Waals surface area contributed by atoms with E-state index in [0.717, 1.165) is 32.1 Å². The fraction of sp³-hybridized carbons (Fsp3) is 0.909. The molecule has 88 valence electrons. The maximum atomic E-state index is 11.4. The van der Waals surface area contributed by atoms with Crippen LogP contribution in [-0.2, 0) is 9.53 Å². The molecular formula is C11H21NO3. The lowest BCUT2D eigenvalue weighted by molar-refractivity contribution is -0.123. The maximum absolute atomic E-state index is 11.4. The molecule has 2 unspecified atom stereocenters. The van der Waals surface area contributed by atoms with Crippen LogP contribution in [0.3, 0.4) is 0 Å². The minimum absolute atomic E-state index is 0.0252. The van der Waals surface area contributed by atoms with Gasteiger partial charge in [-0.3, -0.25) is 4.79 Å². The van der Waals surface area contributed by atoms with Crippen molar-refractivity contribution in [1.29, 1.82) is 0 Å². The van der Waals surface area contributed by atoms with Gasteiger partial charge in [0, 0.05) is 13.5 Å². The first-order valence-electron chi connectivity index (χ1n) is 5.70. The first-order valence-corrected chi connectivity index (χ1v) is 5.70. The highest BCUT2D eigenvalue weighted by Crippen LogP contribution is 2.17. The van der Waals surface area contributed by atoms with Crippen LogP contribution in [0.4, 0.5) is 0 Å². The molecule has 0 radical (unpaired) electrons. The highest BCUT2D eigenvalue weighted by molar-refractivity contribution is 5.76. The van der Waals surface area contributed by atoms with Gasteiger partial charge in [-0.2, -0.15) is 0 Å². The Morgan fingerprint density at radius 2 is 2.13 bits per heavy atom. The number of rotatable bonds is 4. The minimum atomic E-state index is -0.376. The summed E-state index contributed by atoms with van der Waals surface area (Å²) in [7, 11) is 1.58. The monoisotopic (exact) mass is 215 g/mol. The van der Waals surface area contributed by atoms with E-state index >= 15 is 0 Å². The van der Waals surface area contributed by atoms with Crippen LogP contribution in [0.2, 0.25) is 0 Å². The second-order valence-corrected chi connectivity index (χ2v) is 4.12. The molecule has 0 aromatic rings. The fourth-order valence-corrected chi connectivity index (χ4v) is 1.93. The molecular weight excluding hydrogens is 194 g/mol. The van der Waals surface area contributed by atoms with Crippen molar-refractivity contribution < 1.29 is 14.6 Å². The third-order valence-electron chi connectivity index (χ3n) is 2.86. The summed E-state index contributed by atoms with van der Waals surface area (Å²) >= 11 is 0. The molecule has 2 N–H and O–H groups in total. The molecule has 15 heavy (non-hydrogen) atoms. The Bertz CT molecular complexity index is 196. The molecule has 0 aromatic carbocycles. The number of aliphatic hydroxyl groups excluding tert-OH is 1. The molecule has 0 aromatic heterocycles. The standard InChI is InChI=1S/C11H21NO3/c1-15-8-7-11(14)12-9-5-3-2-4-6-10(9)13/h9-10,13H,2-8H2,1H3,(H,12,14). The quantitative estimate of drug-likeness (QED) is 0.683. The van der Waals surface area contributed by atoms with Crippen molar-refractivity contribution in [3.63, 3.8) is 0 Å². The summed E-state index contributed by atoms with van der Waals surface area (Å²) in [6.07, 6.45) is 4.99. The predicted octanol–water partition coefficient (Wildman–Crippen LogP) is 0.833. The van der Waals surface area contributed by atoms with Crippen molar-refractivity contribution in [2.45, 2.75) is 50.7 Å². The number of carbonyl (C=O) groups excluding carboxylic acids is 1. The van der Waals surface area contributed by atoms with E-state index in [1.807, 2.05) is 0 Å². The number of hydrogen-bond acceptors (Lipinski definition) is 3. The Hall–Kier alpha value is -0.610. The van der Waals surface area contributed by atoms with Gasteiger partial charge in [-0.15, -0.1) is 0 Å². The Kier molecular flexibility index (Phi) is 5.65. The van der Waals surface area contributed by atoms with E-state index in [2.05, 4.69) is 5.32 Å². The summed E-state index contributed by atoms with van der Waals surface area (Å²) in [6, 6.07) is -0.0585. The summed E-state index contributed by atoms with van der Waals surface area (Å²) < 4.78 is 4.83. The van der Waals surface area contributed by atoms with Crippen LogP contribution < -0.4 is 5.32 Å². The smallest absolute Gasteiger partial charge is 0.222 e. The first kappa shape index (κ1) is 12.5. The van der Waals surface area contributed by atoms with Crippen LogP contribution in [-0.4, -0.2) is 36.9 Å². The van der Waals surface area contributed by atoms with Gasteiger partial charge in [-0.05, 0) is 12.8 Å². The topological polar surface area (TPSA) is 58.6 Å². The average molecular weight is 215 g/mol. The van der Waals surface area contributed by atoms with Crippen molar-refractivity contribution in [3.05, 3.63) is 0 Å². The van der Waals surface area contributed by atoms with Gasteiger partial charge in [-0.1, -0.05) is 19.3 Å². The van der Waals surface area contributed by atoms with Crippen LogP contribution in [0.15, 0.2) is 0 Å². The van der Waals surface area contributed by atoms with Gasteiger partial charge in [-0.25, -0.2) is 0 Å². The zero-order chi connectivity index (χ0) is 11.1. The van der Waals surface area contributed by atoms with E-state index < -0.39 is 0 Å². The third kappa shape index (κ3) is 4.62. The molecule has 4 nitrogen and oxygen atoms in total. The van der Waals surface area contributed by atoms with Crippen molar-refractivity contribution in [3.8, 4) is 0 Å². The number of aliphatic hydroxyl groups is 1. The molecule has 2 atom stereocenters. The summed E-state index contributed by atoms with van der Waals surface area (Å²) in [5, 5.41) is 12.7. The second kappa shape index (κ2) is 6.80. The summed E-state index contributed by atoms with van der Waals surface area (Å²) in [5.41, 5.74) is 0. The van der Waals surface area contributed by atoms with E-state index in [0.29, 0.717) is 13.0 Å². The summed E-state index contributed by atoms with van der Waals surface area (Å²) in [6.45, 7) is 0.439. The number of hydrogen-bond donors (Lipinski definition) is 2. The third-order valence-corrected chi connectivity index (χ3v) is 2.86. The number of ether oxygens (including phenoxy) is 1. The van der Waals surface area contributed by atoms with Crippen LogP contribution in [0, 0.1) is 0 Å². The lowest BCUT2D eigenvalue weighted by atomic mass is 10.1. The van der Waals surface area contributed by atoms with Gasteiger partial charge in [0.15, 0.2) is 0 Å². The molecule has 1 amide bonds. The molecule has 1 aliphatic carbocycles. The second-order valence-electron chi connectivity index (χ2n) is 4.12. The molecule has 0 aliphatic heterocycles. The van der Waals surface area contributed by atoms with E-state index in [-0.39, 0.29) is 18.1 Å². The fourth-order valence-electron chi connectivity index (χ4n) is 1.93. The SMILES string of the molecule is COCCC(=O)NC1CCCCCC1O. The lowest BCUT2D eigenvalue weighted by Gasteiger charge is -2.21. The van der Waals surface area contributed by atoms with Gasteiger partial charge >= 0.3 is 0 Å². The van der Waals surface area contributed by atoms with Crippen molar-refractivity contribution in [2.75, 3.05) is 13.7 Å². The number of carbonyl (C=O) groups is 1. The maximum Gasteiger partial charge on any atom is 0.222 e. The largest absolute Gasteiger partial charge is 0.391 e. The number of methoxy groups -OCH3 is 1. The molecule has 1 rings (SSSR count). The minimum Gasteiger partial charge on any atom is -0.391 e. The summed E-state index contributed by atoms with van der Waals surface area (Å²) in [4.78, 5) is 11.4. The molecule has 0 saturated heterocycles. The van der Waals surface area contributed by atoms with Gasteiger partial charge in [0.25, 0.3) is 0 Å². The Morgan fingerprint density at radius 3 is 2.87 bits per heavy atom. The Morgan fingerprint density at radius 1 is 1.40 bits per heavy atom. The average Bonchev–Trinajstić information content (AvgIpc) is 2.42. The van der Waals surface area contributed by atoms with Crippen molar-refractivity contribution in [2.24, 2.45) is 0 Å². The van der Waals surface area contributed by atoms with Gasteiger partial charge in [0.05, 0.1) is 18.8 Å². The highest BCUT2D eigenvalue weighted by Gasteiger charge is 2.22. The molecule has 0 spiro atoms. The van der Waals surface area contributed by atoms with E-state index in [9.17, 15) is 9.90 Å². The lowest BCUT2D eigenvalue weighted by Crippen LogP contribution is -2.42. The zero-order valence-corrected chi connectivity index (χ0v) is 9.37. The normalized spacial score (nSPS) is 27.1. The van der Waals surface area contributed by atoms with Gasteiger partial charge < -0.3 is 15.2 Å². The van der Waals surface area contributed by atoms with E-state index in [1.54, 1.807) is 7.11 Å². The predicted molar refractivity (Wildman–Crippen MR) is 57.5 cm³/mol. The van der Waals surface area contributed by atoms with Crippen LogP contribution >= 0.6 is 0 Å². The Labute approximate surface area is 91.0 Å². The molecule has 1 saturated carbocycles. The molecule has 0 bridgehead atoms. The van der Waals surface area contributed by atoms with Crippen LogP contribution in [0.1, 0.15) is 38.5 Å². The van der Waals surface area contributed by atoms with E-state index in [1.165, 1.54) is 0 Å². The van der Waals surface area contributed by atoms with Crippen molar-refractivity contribution >= 4 is 5.91 Å². The molecule has 4 heteroatoms. The number of amides is 1. The first-order chi connectivity index (χ1) is 7.24. The van der Waals surface area contributed by atoms with E-state index in [4.69, 9.17) is 4.74 Å². The van der Waals surface area contributed by atoms with Gasteiger partial charge in [0.2, 0.25) is 5.91 Å².